The smallest absolute Gasteiger partial charge is 0.214 e. The Hall–Kier alpha value is -1.81. The van der Waals surface area contributed by atoms with Crippen LogP contribution in [0, 0.1) is 13.8 Å². The number of aryl methyl sites for hydroxylation is 2. The van der Waals surface area contributed by atoms with E-state index in [0.29, 0.717) is 19.0 Å². The minimum absolute atomic E-state index is 0.354. The molecule has 4 nitrogen and oxygen atoms in total. The van der Waals surface area contributed by atoms with Crippen molar-refractivity contribution in [2.75, 3.05) is 11.4 Å². The van der Waals surface area contributed by atoms with Crippen LogP contribution >= 0.6 is 0 Å². The molecule has 0 saturated carbocycles. The quantitative estimate of drug-likeness (QED) is 0.879. The third-order valence-electron chi connectivity index (χ3n) is 3.42. The first-order valence-electron chi connectivity index (χ1n) is 7.01. The van der Waals surface area contributed by atoms with E-state index in [4.69, 9.17) is 4.42 Å². The molecule has 20 heavy (non-hydrogen) atoms. The molecule has 0 aliphatic heterocycles. The van der Waals surface area contributed by atoms with Crippen LogP contribution in [0.4, 0.5) is 5.69 Å². The maximum atomic E-state index is 9.93. The molecule has 2 rings (SSSR count). The molecular weight excluding hydrogens is 252 g/mol. The summed E-state index contributed by atoms with van der Waals surface area (Å²) in [5.41, 5.74) is 1.98. The fraction of sp³-hybridized carbons (Fsp3) is 0.438. The Morgan fingerprint density at radius 3 is 2.50 bits per heavy atom. The first kappa shape index (κ1) is 14.6. The number of oxazole rings is 1. The van der Waals surface area contributed by atoms with Gasteiger partial charge in [0.1, 0.15) is 5.76 Å². The van der Waals surface area contributed by atoms with Crippen LogP contribution in [-0.4, -0.2) is 22.7 Å². The van der Waals surface area contributed by atoms with Gasteiger partial charge in [0.15, 0.2) is 0 Å². The molecule has 0 spiro atoms. The summed E-state index contributed by atoms with van der Waals surface area (Å²) in [5, 5.41) is 9.93. The van der Waals surface area contributed by atoms with Crippen molar-refractivity contribution in [2.24, 2.45) is 0 Å². The van der Waals surface area contributed by atoms with Gasteiger partial charge in [0.2, 0.25) is 5.89 Å². The van der Waals surface area contributed by atoms with Crippen LogP contribution in [0.25, 0.3) is 0 Å². The predicted molar refractivity (Wildman–Crippen MR) is 79.8 cm³/mol. The SMILES string of the molecule is CCC(O)CN(Cc1nc(C)c(C)o1)c1ccccc1. The van der Waals surface area contributed by atoms with Gasteiger partial charge < -0.3 is 14.4 Å². The molecule has 0 aliphatic carbocycles. The third-order valence-corrected chi connectivity index (χ3v) is 3.42. The lowest BCUT2D eigenvalue weighted by Gasteiger charge is -2.25. The molecule has 1 unspecified atom stereocenters. The number of rotatable bonds is 6. The number of aromatic nitrogens is 1. The summed E-state index contributed by atoms with van der Waals surface area (Å²) in [6.45, 7) is 6.97. The van der Waals surface area contributed by atoms with E-state index in [9.17, 15) is 5.11 Å². The first-order chi connectivity index (χ1) is 9.60. The van der Waals surface area contributed by atoms with Crippen LogP contribution in [0.1, 0.15) is 30.7 Å². The number of hydrogen-bond acceptors (Lipinski definition) is 4. The van der Waals surface area contributed by atoms with Gasteiger partial charge >= 0.3 is 0 Å². The number of para-hydroxylation sites is 1. The molecule has 0 bridgehead atoms. The maximum absolute atomic E-state index is 9.93. The van der Waals surface area contributed by atoms with E-state index in [1.165, 1.54) is 0 Å². The highest BCUT2D eigenvalue weighted by atomic mass is 16.4. The molecule has 0 aliphatic rings. The molecule has 1 aromatic carbocycles. The standard InChI is InChI=1S/C16H22N2O2/c1-4-15(19)10-18(14-8-6-5-7-9-14)11-16-17-12(2)13(3)20-16/h5-9,15,19H,4,10-11H2,1-3H3. The number of nitrogens with zero attached hydrogens (tertiary/aromatic N) is 2. The Kier molecular flexibility index (Phi) is 4.79. The monoisotopic (exact) mass is 274 g/mol. The van der Waals surface area contributed by atoms with E-state index in [0.717, 1.165) is 23.6 Å². The van der Waals surface area contributed by atoms with Gasteiger partial charge in [-0.2, -0.15) is 0 Å². The average molecular weight is 274 g/mol. The fourth-order valence-corrected chi connectivity index (χ4v) is 2.05. The highest BCUT2D eigenvalue weighted by molar-refractivity contribution is 5.46. The van der Waals surface area contributed by atoms with Crippen LogP contribution in [0.5, 0.6) is 0 Å². The van der Waals surface area contributed by atoms with E-state index < -0.39 is 0 Å². The number of anilines is 1. The molecule has 0 radical (unpaired) electrons. The van der Waals surface area contributed by atoms with Gasteiger partial charge in [0.05, 0.1) is 18.3 Å². The summed E-state index contributed by atoms with van der Waals surface area (Å²) in [4.78, 5) is 6.51. The largest absolute Gasteiger partial charge is 0.444 e. The summed E-state index contributed by atoms with van der Waals surface area (Å²) >= 11 is 0. The maximum Gasteiger partial charge on any atom is 0.214 e. The van der Waals surface area contributed by atoms with Crippen molar-refractivity contribution < 1.29 is 9.52 Å². The van der Waals surface area contributed by atoms with E-state index in [1.54, 1.807) is 0 Å². The van der Waals surface area contributed by atoms with Gasteiger partial charge in [-0.3, -0.25) is 0 Å². The normalized spacial score (nSPS) is 12.4. The second-order valence-electron chi connectivity index (χ2n) is 5.03. The van der Waals surface area contributed by atoms with Crippen LogP contribution in [-0.2, 0) is 6.54 Å². The van der Waals surface area contributed by atoms with Gasteiger partial charge in [-0.15, -0.1) is 0 Å². The number of hydrogen-bond donors (Lipinski definition) is 1. The number of aliphatic hydroxyl groups excluding tert-OH is 1. The second-order valence-corrected chi connectivity index (χ2v) is 5.03. The van der Waals surface area contributed by atoms with E-state index in [1.807, 2.05) is 51.1 Å². The zero-order valence-corrected chi connectivity index (χ0v) is 12.3. The van der Waals surface area contributed by atoms with Gasteiger partial charge in [-0.25, -0.2) is 4.98 Å². The highest BCUT2D eigenvalue weighted by Crippen LogP contribution is 2.18. The third kappa shape index (κ3) is 3.61. The molecule has 2 aromatic rings. The Bertz CT molecular complexity index is 517. The Labute approximate surface area is 120 Å². The minimum atomic E-state index is -0.354. The second kappa shape index (κ2) is 6.57. The first-order valence-corrected chi connectivity index (χ1v) is 7.01. The zero-order valence-electron chi connectivity index (χ0n) is 12.3. The molecular formula is C16H22N2O2. The number of benzene rings is 1. The fourth-order valence-electron chi connectivity index (χ4n) is 2.05. The average Bonchev–Trinajstić information content (AvgIpc) is 2.77. The van der Waals surface area contributed by atoms with Crippen molar-refractivity contribution in [1.82, 2.24) is 4.98 Å². The van der Waals surface area contributed by atoms with Gasteiger partial charge in [-0.1, -0.05) is 25.1 Å². The summed E-state index contributed by atoms with van der Waals surface area (Å²) in [7, 11) is 0. The van der Waals surface area contributed by atoms with Crippen molar-refractivity contribution >= 4 is 5.69 Å². The van der Waals surface area contributed by atoms with Gasteiger partial charge in [0, 0.05) is 12.2 Å². The van der Waals surface area contributed by atoms with Crippen molar-refractivity contribution in [3.05, 3.63) is 47.7 Å². The molecule has 0 fully saturated rings. The van der Waals surface area contributed by atoms with Crippen LogP contribution < -0.4 is 4.90 Å². The molecule has 4 heteroatoms. The molecule has 108 valence electrons. The van der Waals surface area contributed by atoms with Crippen LogP contribution in [0.2, 0.25) is 0 Å². The van der Waals surface area contributed by atoms with Crippen molar-refractivity contribution in [3.63, 3.8) is 0 Å². The van der Waals surface area contributed by atoms with Crippen molar-refractivity contribution in [3.8, 4) is 0 Å². The molecule has 1 atom stereocenters. The number of aliphatic hydroxyl groups is 1. The molecule has 1 heterocycles. The molecule has 0 saturated heterocycles. The van der Waals surface area contributed by atoms with Crippen LogP contribution in [0.15, 0.2) is 34.7 Å². The highest BCUT2D eigenvalue weighted by Gasteiger charge is 2.15. The zero-order chi connectivity index (χ0) is 14.5. The van der Waals surface area contributed by atoms with Crippen molar-refractivity contribution in [1.29, 1.82) is 0 Å². The van der Waals surface area contributed by atoms with Gasteiger partial charge in [-0.05, 0) is 32.4 Å². The summed E-state index contributed by atoms with van der Waals surface area (Å²) in [6, 6.07) is 10.0. The van der Waals surface area contributed by atoms with E-state index >= 15 is 0 Å². The predicted octanol–water partition coefficient (Wildman–Crippen LogP) is 3.07. The Balaban J connectivity index is 2.18. The van der Waals surface area contributed by atoms with Crippen LogP contribution in [0.3, 0.4) is 0 Å². The molecule has 1 aromatic heterocycles. The minimum Gasteiger partial charge on any atom is -0.444 e. The lowest BCUT2D eigenvalue weighted by molar-refractivity contribution is 0.174. The van der Waals surface area contributed by atoms with E-state index in [2.05, 4.69) is 9.88 Å². The summed E-state index contributed by atoms with van der Waals surface area (Å²) in [6.07, 6.45) is 0.375. The molecule has 0 amide bonds. The summed E-state index contributed by atoms with van der Waals surface area (Å²) in [5.74, 6) is 1.54. The van der Waals surface area contributed by atoms with Crippen molar-refractivity contribution in [2.45, 2.75) is 39.8 Å². The topological polar surface area (TPSA) is 49.5 Å². The lowest BCUT2D eigenvalue weighted by Crippen LogP contribution is -2.31. The molecule has 1 N–H and O–H groups in total. The van der Waals surface area contributed by atoms with E-state index in [-0.39, 0.29) is 6.10 Å². The summed E-state index contributed by atoms with van der Waals surface area (Å²) < 4.78 is 5.65. The Morgan fingerprint density at radius 2 is 1.95 bits per heavy atom. The van der Waals surface area contributed by atoms with Gasteiger partial charge in [0.25, 0.3) is 0 Å². The lowest BCUT2D eigenvalue weighted by atomic mass is 10.2. The Morgan fingerprint density at radius 1 is 1.25 bits per heavy atom.